The van der Waals surface area contributed by atoms with Crippen molar-refractivity contribution in [3.8, 4) is 0 Å². The fourth-order valence-corrected chi connectivity index (χ4v) is 4.26. The monoisotopic (exact) mass is 344 g/mol. The number of carbonyl (C=O) groups excluding carboxylic acids is 1. The van der Waals surface area contributed by atoms with E-state index in [0.717, 1.165) is 37.5 Å². The molecule has 24 heavy (non-hydrogen) atoms. The molecule has 0 unspecified atom stereocenters. The minimum atomic E-state index is -0.0860. The summed E-state index contributed by atoms with van der Waals surface area (Å²) >= 11 is 1.67. The molecule has 2 aromatic rings. The van der Waals surface area contributed by atoms with Crippen LogP contribution in [0.25, 0.3) is 0 Å². The van der Waals surface area contributed by atoms with Crippen LogP contribution in [0.1, 0.15) is 28.2 Å². The van der Waals surface area contributed by atoms with E-state index < -0.39 is 0 Å². The number of carbonyl (C=O) groups is 1. The largest absolute Gasteiger partial charge is 0.374 e. The number of likely N-dealkylation sites (tertiary alicyclic amines) is 1. The zero-order valence-electron chi connectivity index (χ0n) is 13.3. The van der Waals surface area contributed by atoms with Crippen LogP contribution in [-0.4, -0.2) is 52.1 Å². The summed E-state index contributed by atoms with van der Waals surface area (Å²) in [7, 11) is 0. The summed E-state index contributed by atoms with van der Waals surface area (Å²) in [6.45, 7) is 2.38. The third-order valence-electron chi connectivity index (χ3n) is 4.69. The highest BCUT2D eigenvalue weighted by molar-refractivity contribution is 7.09. The van der Waals surface area contributed by atoms with Crippen LogP contribution >= 0.6 is 11.3 Å². The van der Waals surface area contributed by atoms with Crippen LogP contribution in [0.5, 0.6) is 0 Å². The molecular formula is C17H20N4O2S. The van der Waals surface area contributed by atoms with Gasteiger partial charge in [0.05, 0.1) is 24.3 Å². The highest BCUT2D eigenvalue weighted by atomic mass is 32.1. The number of pyridine rings is 1. The highest BCUT2D eigenvalue weighted by Gasteiger charge is 2.44. The average molecular weight is 344 g/mol. The van der Waals surface area contributed by atoms with Gasteiger partial charge >= 0.3 is 0 Å². The molecular weight excluding hydrogens is 324 g/mol. The Morgan fingerprint density at radius 1 is 1.46 bits per heavy atom. The van der Waals surface area contributed by atoms with Crippen molar-refractivity contribution in [2.45, 2.75) is 37.6 Å². The van der Waals surface area contributed by atoms with Gasteiger partial charge in [0, 0.05) is 43.2 Å². The van der Waals surface area contributed by atoms with E-state index in [1.54, 1.807) is 35.9 Å². The van der Waals surface area contributed by atoms with Crippen molar-refractivity contribution in [3.05, 3.63) is 46.7 Å². The Morgan fingerprint density at radius 3 is 3.21 bits per heavy atom. The molecule has 2 aliphatic heterocycles. The second-order valence-electron chi connectivity index (χ2n) is 6.22. The SMILES string of the molecule is O=C(N[C@@H]1CN(Cc2nccs2)[C@@H]2CCCO[C@@H]21)c1cccnc1. The Labute approximate surface area is 144 Å². The minimum Gasteiger partial charge on any atom is -0.374 e. The Bertz CT molecular complexity index is 679. The third-order valence-corrected chi connectivity index (χ3v) is 5.46. The fourth-order valence-electron chi connectivity index (χ4n) is 3.62. The number of aromatic nitrogens is 2. The molecule has 3 atom stereocenters. The van der Waals surface area contributed by atoms with Crippen LogP contribution in [0.15, 0.2) is 36.1 Å². The molecule has 6 nitrogen and oxygen atoms in total. The number of rotatable bonds is 4. The number of thiazole rings is 1. The zero-order valence-corrected chi connectivity index (χ0v) is 14.1. The second-order valence-corrected chi connectivity index (χ2v) is 7.20. The van der Waals surface area contributed by atoms with Gasteiger partial charge in [0.15, 0.2) is 0 Å². The third kappa shape index (κ3) is 3.19. The van der Waals surface area contributed by atoms with Crippen molar-refractivity contribution in [1.82, 2.24) is 20.2 Å². The summed E-state index contributed by atoms with van der Waals surface area (Å²) in [6, 6.07) is 3.91. The Kier molecular flexibility index (Phi) is 4.55. The number of fused-ring (bicyclic) bond motifs is 1. The van der Waals surface area contributed by atoms with E-state index in [1.165, 1.54) is 0 Å². The summed E-state index contributed by atoms with van der Waals surface area (Å²) in [5.41, 5.74) is 0.586. The lowest BCUT2D eigenvalue weighted by Crippen LogP contribution is -2.47. The summed E-state index contributed by atoms with van der Waals surface area (Å²) in [6.07, 6.45) is 7.33. The Hall–Kier alpha value is -1.83. The number of amides is 1. The van der Waals surface area contributed by atoms with Crippen LogP contribution in [0, 0.1) is 0 Å². The molecule has 126 valence electrons. The molecule has 0 saturated carbocycles. The first-order valence-electron chi connectivity index (χ1n) is 8.26. The summed E-state index contributed by atoms with van der Waals surface area (Å²) in [5.74, 6) is -0.0860. The molecule has 0 spiro atoms. The number of ether oxygens (including phenoxy) is 1. The van der Waals surface area contributed by atoms with Crippen LogP contribution < -0.4 is 5.32 Å². The topological polar surface area (TPSA) is 67.4 Å². The summed E-state index contributed by atoms with van der Waals surface area (Å²) in [4.78, 5) is 23.3. The normalized spacial score (nSPS) is 26.9. The van der Waals surface area contributed by atoms with Crippen molar-refractivity contribution in [2.24, 2.45) is 0 Å². The molecule has 0 aromatic carbocycles. The molecule has 2 aromatic heterocycles. The first-order valence-corrected chi connectivity index (χ1v) is 9.14. The van der Waals surface area contributed by atoms with Gasteiger partial charge in [0.1, 0.15) is 5.01 Å². The van der Waals surface area contributed by atoms with Crippen molar-refractivity contribution in [1.29, 1.82) is 0 Å². The average Bonchev–Trinajstić information content (AvgIpc) is 3.25. The van der Waals surface area contributed by atoms with Crippen molar-refractivity contribution in [3.63, 3.8) is 0 Å². The number of hydrogen-bond acceptors (Lipinski definition) is 6. The van der Waals surface area contributed by atoms with Gasteiger partial charge < -0.3 is 10.1 Å². The van der Waals surface area contributed by atoms with Gasteiger partial charge in [-0.05, 0) is 25.0 Å². The Morgan fingerprint density at radius 2 is 2.42 bits per heavy atom. The van der Waals surface area contributed by atoms with E-state index in [4.69, 9.17) is 4.74 Å². The first kappa shape index (κ1) is 15.7. The quantitative estimate of drug-likeness (QED) is 0.914. The van der Waals surface area contributed by atoms with Crippen LogP contribution in [0.2, 0.25) is 0 Å². The maximum Gasteiger partial charge on any atom is 0.253 e. The van der Waals surface area contributed by atoms with Gasteiger partial charge in [-0.1, -0.05) is 0 Å². The second kappa shape index (κ2) is 6.96. The lowest BCUT2D eigenvalue weighted by Gasteiger charge is -2.32. The fraction of sp³-hybridized carbons (Fsp3) is 0.471. The van der Waals surface area contributed by atoms with E-state index in [-0.39, 0.29) is 18.1 Å². The first-order chi connectivity index (χ1) is 11.8. The molecule has 0 bridgehead atoms. The lowest BCUT2D eigenvalue weighted by atomic mass is 10.0. The molecule has 4 rings (SSSR count). The molecule has 1 amide bonds. The molecule has 2 saturated heterocycles. The number of nitrogens with zero attached hydrogens (tertiary/aromatic N) is 3. The molecule has 1 N–H and O–H groups in total. The van der Waals surface area contributed by atoms with E-state index in [0.29, 0.717) is 11.6 Å². The molecule has 2 aliphatic rings. The smallest absolute Gasteiger partial charge is 0.253 e. The van der Waals surface area contributed by atoms with Crippen LogP contribution in [0.4, 0.5) is 0 Å². The molecule has 4 heterocycles. The maximum absolute atomic E-state index is 12.5. The van der Waals surface area contributed by atoms with Crippen molar-refractivity contribution >= 4 is 17.2 Å². The van der Waals surface area contributed by atoms with Crippen LogP contribution in [-0.2, 0) is 11.3 Å². The zero-order chi connectivity index (χ0) is 16.4. The van der Waals surface area contributed by atoms with Gasteiger partial charge in [-0.25, -0.2) is 4.98 Å². The lowest BCUT2D eigenvalue weighted by molar-refractivity contribution is -0.0211. The van der Waals surface area contributed by atoms with E-state index in [2.05, 4.69) is 20.2 Å². The van der Waals surface area contributed by atoms with Crippen LogP contribution in [0.3, 0.4) is 0 Å². The predicted octanol–water partition coefficient (Wildman–Crippen LogP) is 1.70. The molecule has 2 fully saturated rings. The van der Waals surface area contributed by atoms with Crippen molar-refractivity contribution < 1.29 is 9.53 Å². The highest BCUT2D eigenvalue weighted by Crippen LogP contribution is 2.30. The van der Waals surface area contributed by atoms with Gasteiger partial charge in [0.25, 0.3) is 5.91 Å². The minimum absolute atomic E-state index is 0.00275. The van der Waals surface area contributed by atoms with E-state index >= 15 is 0 Å². The predicted molar refractivity (Wildman–Crippen MR) is 90.8 cm³/mol. The van der Waals surface area contributed by atoms with Gasteiger partial charge in [-0.2, -0.15) is 0 Å². The standard InChI is InChI=1S/C17H20N4O2S/c22-17(12-3-1-5-18-9-12)20-13-10-21(11-15-19-6-8-24-15)14-4-2-7-23-16(13)14/h1,3,5-6,8-9,13-14,16H,2,4,7,10-11H2,(H,20,22)/t13-,14-,16-/m1/s1. The number of hydrogen-bond donors (Lipinski definition) is 1. The summed E-state index contributed by atoms with van der Waals surface area (Å²) < 4.78 is 6.01. The van der Waals surface area contributed by atoms with Gasteiger partial charge in [-0.15, -0.1) is 11.3 Å². The van der Waals surface area contributed by atoms with E-state index in [1.807, 2.05) is 11.6 Å². The maximum atomic E-state index is 12.5. The molecule has 0 aliphatic carbocycles. The Balaban J connectivity index is 1.47. The van der Waals surface area contributed by atoms with E-state index in [9.17, 15) is 4.79 Å². The van der Waals surface area contributed by atoms with Gasteiger partial charge in [-0.3, -0.25) is 14.7 Å². The molecule has 0 radical (unpaired) electrons. The number of nitrogens with one attached hydrogen (secondary N) is 1. The van der Waals surface area contributed by atoms with Crippen molar-refractivity contribution in [2.75, 3.05) is 13.2 Å². The van der Waals surface area contributed by atoms with Gasteiger partial charge in [0.2, 0.25) is 0 Å². The summed E-state index contributed by atoms with van der Waals surface area (Å²) in [5, 5.41) is 6.25. The molecule has 7 heteroatoms.